The highest BCUT2D eigenvalue weighted by molar-refractivity contribution is 6.31. The lowest BCUT2D eigenvalue weighted by atomic mass is 9.51. The maximum Gasteiger partial charge on any atom is 0.141 e. The third kappa shape index (κ3) is 2.32. The van der Waals surface area contributed by atoms with Crippen molar-refractivity contribution < 1.29 is 9.18 Å². The second-order valence-electron chi connectivity index (χ2n) is 7.30. The van der Waals surface area contributed by atoms with Gasteiger partial charge in [-0.05, 0) is 67.9 Å². The Hall–Kier alpha value is -0.890. The van der Waals surface area contributed by atoms with Crippen LogP contribution in [-0.2, 0) is 11.2 Å². The van der Waals surface area contributed by atoms with E-state index in [4.69, 9.17) is 11.6 Å². The molecule has 0 spiro atoms. The van der Waals surface area contributed by atoms with E-state index in [0.29, 0.717) is 22.4 Å². The van der Waals surface area contributed by atoms with Gasteiger partial charge in [-0.15, -0.1) is 0 Å². The molecule has 0 aromatic heterocycles. The first-order valence-corrected chi connectivity index (χ1v) is 8.45. The molecule has 1 aromatic carbocycles. The normalized spacial score (nSPS) is 37.0. The second-order valence-corrected chi connectivity index (χ2v) is 7.71. The molecule has 5 rings (SSSR count). The molecule has 0 unspecified atom stereocenters. The first kappa shape index (κ1) is 13.8. The summed E-state index contributed by atoms with van der Waals surface area (Å²) in [5.41, 5.74) is 0.387. The molecule has 1 nitrogen and oxygen atoms in total. The number of hydrogen-bond donors (Lipinski definition) is 0. The summed E-state index contributed by atoms with van der Waals surface area (Å²) < 4.78 is 13.9. The molecule has 112 valence electrons. The Labute approximate surface area is 129 Å². The van der Waals surface area contributed by atoms with Gasteiger partial charge in [-0.25, -0.2) is 4.39 Å². The van der Waals surface area contributed by atoms with Gasteiger partial charge in [-0.3, -0.25) is 4.79 Å². The molecule has 0 saturated heterocycles. The molecule has 4 aliphatic rings. The molecule has 1 aromatic rings. The van der Waals surface area contributed by atoms with Crippen LogP contribution in [0.5, 0.6) is 0 Å². The van der Waals surface area contributed by atoms with Gasteiger partial charge < -0.3 is 0 Å². The fourth-order valence-corrected chi connectivity index (χ4v) is 5.67. The van der Waals surface area contributed by atoms with E-state index in [1.54, 1.807) is 12.1 Å². The zero-order valence-electron chi connectivity index (χ0n) is 12.0. The SMILES string of the molecule is O=C(Cc1c(F)cccc1Cl)C1C2CC3CC(C2)CC1C3. The van der Waals surface area contributed by atoms with Crippen molar-refractivity contribution in [2.75, 3.05) is 0 Å². The average molecular weight is 307 g/mol. The zero-order chi connectivity index (χ0) is 14.6. The number of Topliss-reactive ketones (excluding diaryl/α,β-unsaturated/α-hetero) is 1. The minimum Gasteiger partial charge on any atom is -0.299 e. The highest BCUT2D eigenvalue weighted by Gasteiger charge is 2.50. The van der Waals surface area contributed by atoms with Crippen molar-refractivity contribution in [3.8, 4) is 0 Å². The lowest BCUT2D eigenvalue weighted by Gasteiger charge is -2.53. The summed E-state index contributed by atoms with van der Waals surface area (Å²) in [7, 11) is 0. The van der Waals surface area contributed by atoms with E-state index in [-0.39, 0.29) is 23.9 Å². The van der Waals surface area contributed by atoms with Crippen molar-refractivity contribution in [2.24, 2.45) is 29.6 Å². The van der Waals surface area contributed by atoms with E-state index in [1.165, 1.54) is 38.2 Å². The summed E-state index contributed by atoms with van der Waals surface area (Å²) in [6, 6.07) is 4.66. The number of halogens is 2. The van der Waals surface area contributed by atoms with E-state index in [2.05, 4.69) is 0 Å². The van der Waals surface area contributed by atoms with Crippen molar-refractivity contribution in [1.82, 2.24) is 0 Å². The first-order chi connectivity index (χ1) is 10.1. The largest absolute Gasteiger partial charge is 0.299 e. The molecule has 0 atom stereocenters. The molecule has 0 aliphatic heterocycles. The molecule has 4 bridgehead atoms. The fraction of sp³-hybridized carbons (Fsp3) is 0.611. The molecular formula is C18H20ClFO. The van der Waals surface area contributed by atoms with Crippen LogP contribution in [0.25, 0.3) is 0 Å². The Kier molecular flexibility index (Phi) is 3.33. The number of carbonyl (C=O) groups is 1. The van der Waals surface area contributed by atoms with Crippen LogP contribution >= 0.6 is 11.6 Å². The molecule has 0 N–H and O–H groups in total. The summed E-state index contributed by atoms with van der Waals surface area (Å²) in [6.45, 7) is 0. The van der Waals surface area contributed by atoms with E-state index in [9.17, 15) is 9.18 Å². The lowest BCUT2D eigenvalue weighted by molar-refractivity contribution is -0.135. The molecule has 0 radical (unpaired) electrons. The van der Waals surface area contributed by atoms with Crippen LogP contribution in [0.4, 0.5) is 4.39 Å². The standard InChI is InChI=1S/C18H20ClFO/c19-15-2-1-3-16(20)14(15)9-17(21)18-12-5-10-4-11(7-12)8-13(18)6-10/h1-3,10-13,18H,4-9H2. The Morgan fingerprint density at radius 2 is 1.71 bits per heavy atom. The van der Waals surface area contributed by atoms with Gasteiger partial charge in [0.1, 0.15) is 11.6 Å². The molecule has 0 amide bonds. The Balaban J connectivity index is 1.55. The summed E-state index contributed by atoms with van der Waals surface area (Å²) >= 11 is 6.07. The number of ketones is 1. The van der Waals surface area contributed by atoms with Gasteiger partial charge in [0.25, 0.3) is 0 Å². The summed E-state index contributed by atoms with van der Waals surface area (Å²) in [5, 5.41) is 0.382. The van der Waals surface area contributed by atoms with Crippen molar-refractivity contribution >= 4 is 17.4 Å². The molecule has 4 fully saturated rings. The predicted octanol–water partition coefficient (Wildman–Crippen LogP) is 4.66. The Morgan fingerprint density at radius 1 is 1.10 bits per heavy atom. The predicted molar refractivity (Wildman–Crippen MR) is 80.7 cm³/mol. The zero-order valence-corrected chi connectivity index (χ0v) is 12.8. The van der Waals surface area contributed by atoms with Crippen LogP contribution in [-0.4, -0.2) is 5.78 Å². The minimum absolute atomic E-state index is 0.161. The highest BCUT2D eigenvalue weighted by Crippen LogP contribution is 2.56. The quantitative estimate of drug-likeness (QED) is 0.793. The maximum atomic E-state index is 13.9. The van der Waals surface area contributed by atoms with Crippen LogP contribution in [0.2, 0.25) is 5.02 Å². The van der Waals surface area contributed by atoms with E-state index in [1.807, 2.05) is 0 Å². The van der Waals surface area contributed by atoms with Crippen molar-refractivity contribution in [3.05, 3.63) is 34.6 Å². The van der Waals surface area contributed by atoms with Crippen LogP contribution in [0.1, 0.15) is 37.7 Å². The van der Waals surface area contributed by atoms with Crippen LogP contribution in [0.3, 0.4) is 0 Å². The topological polar surface area (TPSA) is 17.1 Å². The molecule has 4 aliphatic carbocycles. The summed E-state index contributed by atoms with van der Waals surface area (Å²) in [5.74, 6) is 2.85. The maximum absolute atomic E-state index is 13.9. The number of benzene rings is 1. The van der Waals surface area contributed by atoms with Gasteiger partial charge in [0.15, 0.2) is 0 Å². The Bertz CT molecular complexity index is 534. The average Bonchev–Trinajstić information content (AvgIpc) is 2.42. The number of carbonyl (C=O) groups excluding carboxylic acids is 1. The van der Waals surface area contributed by atoms with Gasteiger partial charge in [0.2, 0.25) is 0 Å². The van der Waals surface area contributed by atoms with Gasteiger partial charge >= 0.3 is 0 Å². The van der Waals surface area contributed by atoms with E-state index >= 15 is 0 Å². The van der Waals surface area contributed by atoms with Gasteiger partial charge in [0, 0.05) is 22.9 Å². The number of rotatable bonds is 3. The lowest BCUT2D eigenvalue weighted by Crippen LogP contribution is -2.48. The van der Waals surface area contributed by atoms with Gasteiger partial charge in [0.05, 0.1) is 0 Å². The van der Waals surface area contributed by atoms with Crippen molar-refractivity contribution in [3.63, 3.8) is 0 Å². The molecule has 21 heavy (non-hydrogen) atoms. The van der Waals surface area contributed by atoms with Crippen LogP contribution in [0, 0.1) is 35.4 Å². The van der Waals surface area contributed by atoms with Crippen LogP contribution in [0.15, 0.2) is 18.2 Å². The van der Waals surface area contributed by atoms with E-state index in [0.717, 1.165) is 11.8 Å². The van der Waals surface area contributed by atoms with Gasteiger partial charge in [-0.2, -0.15) is 0 Å². The van der Waals surface area contributed by atoms with Crippen molar-refractivity contribution in [2.45, 2.75) is 38.5 Å². The smallest absolute Gasteiger partial charge is 0.141 e. The number of hydrogen-bond acceptors (Lipinski definition) is 1. The van der Waals surface area contributed by atoms with Gasteiger partial charge in [-0.1, -0.05) is 17.7 Å². The molecular weight excluding hydrogens is 287 g/mol. The fourth-order valence-electron chi connectivity index (χ4n) is 5.44. The first-order valence-electron chi connectivity index (χ1n) is 8.07. The Morgan fingerprint density at radius 3 is 2.29 bits per heavy atom. The van der Waals surface area contributed by atoms with Crippen LogP contribution < -0.4 is 0 Å². The third-order valence-corrected chi connectivity index (χ3v) is 6.37. The summed E-state index contributed by atoms with van der Waals surface area (Å²) in [6.07, 6.45) is 6.41. The molecule has 0 heterocycles. The monoisotopic (exact) mass is 306 g/mol. The molecule has 4 saturated carbocycles. The van der Waals surface area contributed by atoms with Crippen molar-refractivity contribution in [1.29, 1.82) is 0 Å². The third-order valence-electron chi connectivity index (χ3n) is 6.01. The summed E-state index contributed by atoms with van der Waals surface area (Å²) in [4.78, 5) is 12.8. The second kappa shape index (κ2) is 5.08. The highest BCUT2D eigenvalue weighted by atomic mass is 35.5. The van der Waals surface area contributed by atoms with E-state index < -0.39 is 0 Å². The minimum atomic E-state index is -0.348. The molecule has 3 heteroatoms.